The molecule has 0 unspecified atom stereocenters. The number of amides is 3. The molecule has 1 aliphatic heterocycles. The molecular weight excluding hydrogens is 456 g/mol. The third kappa shape index (κ3) is 5.18. The molecule has 2 heterocycles. The molecule has 32 heavy (non-hydrogen) atoms. The van der Waals surface area contributed by atoms with Crippen LogP contribution in [0.3, 0.4) is 0 Å². The van der Waals surface area contributed by atoms with Gasteiger partial charge in [-0.1, -0.05) is 6.07 Å². The van der Waals surface area contributed by atoms with Gasteiger partial charge in [0.05, 0.1) is 16.9 Å². The van der Waals surface area contributed by atoms with Gasteiger partial charge in [0, 0.05) is 16.4 Å². The van der Waals surface area contributed by atoms with Gasteiger partial charge in [0.25, 0.3) is 17.7 Å². The van der Waals surface area contributed by atoms with Gasteiger partial charge in [-0.15, -0.1) is 11.4 Å². The van der Waals surface area contributed by atoms with Crippen LogP contribution in [0.1, 0.15) is 10.4 Å². The van der Waals surface area contributed by atoms with Crippen molar-refractivity contribution in [3.05, 3.63) is 65.9 Å². The number of hydrazine groups is 1. The zero-order valence-electron chi connectivity index (χ0n) is 17.0. The molecular formula is C18H11N7Na2O4S. The van der Waals surface area contributed by atoms with Gasteiger partial charge >= 0.3 is 59.1 Å². The molecule has 1 fully saturated rings. The summed E-state index contributed by atoms with van der Waals surface area (Å²) in [7, 11) is 0. The number of nitrogens with zero attached hydrogens (tertiary/aromatic N) is 5. The normalized spacial score (nSPS) is 13.9. The molecule has 0 bridgehead atoms. The van der Waals surface area contributed by atoms with Crippen molar-refractivity contribution in [3.8, 4) is 5.69 Å². The molecule has 2 aromatic carbocycles. The number of benzene rings is 2. The summed E-state index contributed by atoms with van der Waals surface area (Å²) in [5.41, 5.74) is 3.51. The van der Waals surface area contributed by atoms with Crippen molar-refractivity contribution >= 4 is 41.7 Å². The SMILES string of the molecule is O=C1NN(c2ccc(NC(=O)c3cccc(-n4nnnc4[S-])c3)cc2)C(=O)/C1=C\[O-].[Na+].[Na+]. The van der Waals surface area contributed by atoms with Gasteiger partial charge in [-0.2, -0.15) is 0 Å². The number of rotatable bonds is 4. The van der Waals surface area contributed by atoms with Crippen LogP contribution < -0.4 is 80.0 Å². The summed E-state index contributed by atoms with van der Waals surface area (Å²) in [6.45, 7) is 0. The Labute approximate surface area is 231 Å². The first-order valence-electron chi connectivity index (χ1n) is 8.43. The molecule has 1 aromatic heterocycles. The van der Waals surface area contributed by atoms with E-state index in [1.165, 1.54) is 16.8 Å². The molecule has 0 radical (unpaired) electrons. The second-order valence-corrected chi connectivity index (χ2v) is 6.40. The Balaban J connectivity index is 0.00000181. The summed E-state index contributed by atoms with van der Waals surface area (Å²) >= 11 is 5.02. The van der Waals surface area contributed by atoms with E-state index in [0.717, 1.165) is 5.01 Å². The van der Waals surface area contributed by atoms with E-state index in [0.29, 0.717) is 22.6 Å². The quantitative estimate of drug-likeness (QED) is 0.127. The number of hydrogen-bond acceptors (Lipinski definition) is 8. The molecule has 2 N–H and O–H groups in total. The number of nitrogens with one attached hydrogen (secondary N) is 2. The fourth-order valence-electron chi connectivity index (χ4n) is 2.73. The fraction of sp³-hybridized carbons (Fsp3) is 0. The van der Waals surface area contributed by atoms with E-state index in [4.69, 9.17) is 12.6 Å². The van der Waals surface area contributed by atoms with Crippen LogP contribution in [0, 0.1) is 0 Å². The van der Waals surface area contributed by atoms with Gasteiger partial charge in [-0.05, 0) is 52.9 Å². The second-order valence-electron chi connectivity index (χ2n) is 6.04. The Morgan fingerprint density at radius 2 is 1.81 bits per heavy atom. The summed E-state index contributed by atoms with van der Waals surface area (Å²) in [5.74, 6) is -1.89. The Hall–Kier alpha value is -2.32. The molecule has 3 amide bonds. The summed E-state index contributed by atoms with van der Waals surface area (Å²) in [4.78, 5) is 36.2. The minimum Gasteiger partial charge on any atom is -0.877 e. The predicted molar refractivity (Wildman–Crippen MR) is 103 cm³/mol. The Morgan fingerprint density at radius 1 is 1.09 bits per heavy atom. The number of tetrazole rings is 1. The maximum atomic E-state index is 12.6. The van der Waals surface area contributed by atoms with Crippen molar-refractivity contribution in [1.82, 2.24) is 25.6 Å². The van der Waals surface area contributed by atoms with Crippen LogP contribution in [-0.2, 0) is 22.2 Å². The Kier molecular flexibility index (Phi) is 8.92. The molecule has 4 rings (SSSR count). The van der Waals surface area contributed by atoms with E-state index in [1.54, 1.807) is 36.4 Å². The van der Waals surface area contributed by atoms with Crippen LogP contribution in [0.2, 0.25) is 0 Å². The first-order chi connectivity index (χ1) is 14.5. The molecule has 14 heteroatoms. The first kappa shape index (κ1) is 25.9. The molecule has 3 aromatic rings. The second kappa shape index (κ2) is 11.0. The standard InChI is InChI=1S/C18H13N7O4S.2Na/c26-9-14-16(28)21-24(17(14)29)12-6-4-11(5-7-12)19-15(27)10-2-1-3-13(8-10)25-18(30)20-22-23-25;;/h1-9,26H,(H,19,27)(H,21,28)(H,20,23,30);;/q;2*+1/p-2/b14-9-;;. The van der Waals surface area contributed by atoms with E-state index >= 15 is 0 Å². The van der Waals surface area contributed by atoms with Gasteiger partial charge < -0.3 is 23.1 Å². The maximum Gasteiger partial charge on any atom is 1.00 e. The topological polar surface area (TPSA) is 145 Å². The number of aromatic nitrogens is 4. The minimum atomic E-state index is -0.767. The summed E-state index contributed by atoms with van der Waals surface area (Å²) < 4.78 is 1.33. The maximum absolute atomic E-state index is 12.6. The minimum absolute atomic E-state index is 0. The molecule has 0 spiro atoms. The molecule has 0 aliphatic carbocycles. The van der Waals surface area contributed by atoms with Gasteiger partial charge in [0.15, 0.2) is 0 Å². The van der Waals surface area contributed by atoms with Crippen molar-refractivity contribution in [2.45, 2.75) is 5.16 Å². The van der Waals surface area contributed by atoms with Gasteiger partial charge in [-0.25, -0.2) is 9.69 Å². The van der Waals surface area contributed by atoms with Crippen molar-refractivity contribution in [1.29, 1.82) is 0 Å². The predicted octanol–water partition coefficient (Wildman–Crippen LogP) is -6.55. The van der Waals surface area contributed by atoms with E-state index in [-0.39, 0.29) is 76.4 Å². The van der Waals surface area contributed by atoms with E-state index in [9.17, 15) is 19.5 Å². The van der Waals surface area contributed by atoms with Crippen molar-refractivity contribution in [2.24, 2.45) is 0 Å². The van der Waals surface area contributed by atoms with Crippen LogP contribution in [0.4, 0.5) is 11.4 Å². The van der Waals surface area contributed by atoms with Gasteiger partial charge in [0.2, 0.25) is 0 Å². The molecule has 150 valence electrons. The summed E-state index contributed by atoms with van der Waals surface area (Å²) in [6.07, 6.45) is 0.213. The van der Waals surface area contributed by atoms with E-state index in [1.807, 2.05) is 0 Å². The third-order valence-corrected chi connectivity index (χ3v) is 4.44. The smallest absolute Gasteiger partial charge is 0.877 e. The molecule has 0 atom stereocenters. The number of carbonyl (C=O) groups excluding carboxylic acids is 3. The van der Waals surface area contributed by atoms with Crippen molar-refractivity contribution < 1.29 is 78.6 Å². The molecule has 11 nitrogen and oxygen atoms in total. The van der Waals surface area contributed by atoms with Crippen LogP contribution in [0.25, 0.3) is 5.69 Å². The van der Waals surface area contributed by atoms with Crippen LogP contribution in [0.5, 0.6) is 0 Å². The van der Waals surface area contributed by atoms with Crippen LogP contribution >= 0.6 is 0 Å². The number of hydrogen-bond donors (Lipinski definition) is 2. The zero-order valence-corrected chi connectivity index (χ0v) is 21.8. The number of anilines is 2. The van der Waals surface area contributed by atoms with Gasteiger partial charge in [0.1, 0.15) is 0 Å². The van der Waals surface area contributed by atoms with Crippen LogP contribution in [-0.4, -0.2) is 37.9 Å². The Bertz CT molecular complexity index is 1200. The van der Waals surface area contributed by atoms with Crippen molar-refractivity contribution in [2.75, 3.05) is 10.3 Å². The molecule has 1 aliphatic rings. The van der Waals surface area contributed by atoms with E-state index < -0.39 is 17.4 Å². The average molecular weight is 467 g/mol. The molecule has 1 saturated heterocycles. The Morgan fingerprint density at radius 3 is 2.41 bits per heavy atom. The monoisotopic (exact) mass is 467 g/mol. The van der Waals surface area contributed by atoms with Crippen LogP contribution in [0.15, 0.2) is 65.5 Å². The van der Waals surface area contributed by atoms with Gasteiger partial charge in [-0.3, -0.25) is 19.8 Å². The van der Waals surface area contributed by atoms with Crippen molar-refractivity contribution in [3.63, 3.8) is 0 Å². The first-order valence-corrected chi connectivity index (χ1v) is 8.83. The zero-order chi connectivity index (χ0) is 21.3. The molecule has 0 saturated carbocycles. The average Bonchev–Trinajstić information content (AvgIpc) is 3.31. The van der Waals surface area contributed by atoms with E-state index in [2.05, 4.69) is 26.3 Å². The third-order valence-electron chi connectivity index (χ3n) is 4.19. The number of carbonyl (C=O) groups is 3. The summed E-state index contributed by atoms with van der Waals surface area (Å²) in [5, 5.41) is 25.6. The largest absolute Gasteiger partial charge is 1.00 e. The fourth-order valence-corrected chi connectivity index (χ4v) is 2.91. The summed E-state index contributed by atoms with van der Waals surface area (Å²) in [6, 6.07) is 12.7.